The third-order valence-electron chi connectivity index (χ3n) is 24.3. The summed E-state index contributed by atoms with van der Waals surface area (Å²) in [6.45, 7) is 31.9. The van der Waals surface area contributed by atoms with Crippen molar-refractivity contribution in [3.63, 3.8) is 0 Å². The zero-order valence-corrected chi connectivity index (χ0v) is 83.7. The van der Waals surface area contributed by atoms with Crippen LogP contribution in [0, 0.1) is 16.2 Å². The first-order valence-electron chi connectivity index (χ1n) is 46.8. The van der Waals surface area contributed by atoms with Crippen LogP contribution in [0.5, 0.6) is 17.2 Å². The van der Waals surface area contributed by atoms with E-state index in [1.807, 2.05) is 73.8 Å². The molecule has 134 heavy (non-hydrogen) atoms. The summed E-state index contributed by atoms with van der Waals surface area (Å²) in [5.74, 6) is 0.773. The molecule has 0 aliphatic carbocycles. The molecule has 0 radical (unpaired) electrons. The Balaban J connectivity index is 0.000000229. The SMILES string of the molecule is CCCOc1ccc(S(=O)(=O)Cl)cc1-c1nc2c(CCC)cn(CC)c2c(=O)[nH]1.CCCOc1ccc(S(=O)(=O)N2CCC(CC(=O)OCC)(CC(=O)OCC)CC2)cc1-c1nc2c(CCC)cn(CC)c2c(=O)[nH]1.CCCOc1ccc(S(=O)(=O)N2CCC(CCO)(CCO)CC2)cc1-c1nc2c(CCC)cn(CC)c2c(=O)[nH]1.CCOC(=O)CC1(CC(=O)OCC)CCNCC1.Cl. The number of piperidine rings is 3. The summed E-state index contributed by atoms with van der Waals surface area (Å²) in [6.07, 6.45) is 18.2. The molecule has 39 heteroatoms. The number of aromatic nitrogens is 9. The largest absolute Gasteiger partial charge is 0.493 e. The Bertz CT molecular complexity index is 5960. The van der Waals surface area contributed by atoms with E-state index in [4.69, 9.17) is 58.8 Å². The highest BCUT2D eigenvalue weighted by Crippen LogP contribution is 2.45. The number of aliphatic hydroxyl groups is 2. The third-order valence-corrected chi connectivity index (χ3v) is 29.5. The summed E-state index contributed by atoms with van der Waals surface area (Å²) in [6, 6.07) is 13.6. The summed E-state index contributed by atoms with van der Waals surface area (Å²) < 4.78 is 126. The van der Waals surface area contributed by atoms with Crippen LogP contribution < -0.4 is 36.2 Å². The van der Waals surface area contributed by atoms with Crippen LogP contribution in [-0.4, -0.2) is 210 Å². The maximum atomic E-state index is 14.0. The summed E-state index contributed by atoms with van der Waals surface area (Å²) in [4.78, 5) is 111. The van der Waals surface area contributed by atoms with E-state index >= 15 is 0 Å². The zero-order chi connectivity index (χ0) is 97.0. The maximum absolute atomic E-state index is 14.0. The van der Waals surface area contributed by atoms with Crippen LogP contribution in [0.1, 0.15) is 222 Å². The number of aryl methyl sites for hydroxylation is 6. The second kappa shape index (κ2) is 51.0. The van der Waals surface area contributed by atoms with Crippen molar-refractivity contribution in [2.45, 2.75) is 259 Å². The number of ether oxygens (including phenoxy) is 7. The van der Waals surface area contributed by atoms with Crippen molar-refractivity contribution in [2.24, 2.45) is 16.2 Å². The number of carbonyl (C=O) groups is 4. The molecule has 0 spiro atoms. The van der Waals surface area contributed by atoms with Crippen LogP contribution in [-0.2, 0) is 106 Å². The van der Waals surface area contributed by atoms with Crippen molar-refractivity contribution in [2.75, 3.05) is 98.7 Å². The number of aromatic amines is 3. The van der Waals surface area contributed by atoms with E-state index in [9.17, 15) is 69.0 Å². The van der Waals surface area contributed by atoms with E-state index in [0.29, 0.717) is 171 Å². The van der Waals surface area contributed by atoms with Gasteiger partial charge in [0.1, 0.15) is 51.3 Å². The predicted octanol–water partition coefficient (Wildman–Crippen LogP) is 14.3. The first kappa shape index (κ1) is 110. The van der Waals surface area contributed by atoms with E-state index in [2.05, 4.69) is 41.0 Å². The molecule has 0 amide bonds. The number of nitrogens with zero attached hydrogens (tertiary/aromatic N) is 8. The van der Waals surface area contributed by atoms with E-state index in [0.717, 1.165) is 100 Å². The molecule has 0 atom stereocenters. The molecule has 3 aliphatic heterocycles. The molecule has 12 rings (SSSR count). The van der Waals surface area contributed by atoms with Gasteiger partial charge in [0.15, 0.2) is 0 Å². The van der Waals surface area contributed by atoms with Gasteiger partial charge in [-0.1, -0.05) is 60.8 Å². The van der Waals surface area contributed by atoms with E-state index in [1.165, 1.54) is 38.9 Å². The summed E-state index contributed by atoms with van der Waals surface area (Å²) in [5, 5.41) is 22.3. The van der Waals surface area contributed by atoms with Crippen LogP contribution in [0.15, 0.2) is 102 Å². The molecule has 3 aromatic carbocycles. The van der Waals surface area contributed by atoms with E-state index < -0.39 is 46.5 Å². The zero-order valence-electron chi connectivity index (χ0n) is 79.7. The minimum Gasteiger partial charge on any atom is -0.493 e. The molecule has 0 bridgehead atoms. The van der Waals surface area contributed by atoms with Crippen molar-refractivity contribution < 1.29 is 87.8 Å². The minimum atomic E-state index is -4.01. The molecule has 9 aromatic rings. The standard InChI is InChI=1S/C33H46N4O8S.C29H42N4O6S.C20H24ClN3O4S.C13H23NO4.ClH/c1-6-11-23-22-36(8-3)30-29(23)34-31(35-32(30)40)25-19-24(12-13-26(25)45-18-7-2)46(41,42)37-16-14-33(15-17-37,20-27(38)43-9-4)21-28(39)44-10-5;1-4-7-21-20-32(6-3)26-25(21)30-27(31-28(26)36)23-19-22(8-9-24(23)39-18-5-2)40(37,38)33-14-10-29(11-15-33,12-16-34)13-17-35;1-4-7-13-12-24(6-3)18-17(13)22-19(23-20(18)25)15-11-14(29(21,26)27)8-9-16(15)28-10-5-2;1-3-17-11(15)9-13(5-7-14-8-6-13)10-12(16)18-4-2;/h12-13,19,22H,6-11,14-18,20-21H2,1-5H3,(H,34,35,40);8-9,19-20,34-35H,4-7,10-18H2,1-3H3,(H,30,31,36);8-9,11-12H,4-7,10H2,1-3H3,(H,22,23,25);14H,3-10H2,1-2H3;1H. The minimum absolute atomic E-state index is 0. The van der Waals surface area contributed by atoms with Gasteiger partial charge in [-0.2, -0.15) is 8.61 Å². The van der Waals surface area contributed by atoms with Gasteiger partial charge in [0.2, 0.25) is 20.0 Å². The second-order valence-corrected chi connectivity index (χ2v) is 40.2. The van der Waals surface area contributed by atoms with Crippen molar-refractivity contribution in [1.29, 1.82) is 0 Å². The van der Waals surface area contributed by atoms with Crippen molar-refractivity contribution in [3.05, 3.63) is 121 Å². The summed E-state index contributed by atoms with van der Waals surface area (Å²) in [7, 11) is -6.28. The van der Waals surface area contributed by atoms with Crippen LogP contribution in [0.2, 0.25) is 0 Å². The molecule has 9 heterocycles. The van der Waals surface area contributed by atoms with Gasteiger partial charge in [0.25, 0.3) is 25.7 Å². The molecular weight excluding hydrogens is 1830 g/mol. The van der Waals surface area contributed by atoms with Gasteiger partial charge in [-0.25, -0.2) is 40.2 Å². The monoisotopic (exact) mass is 1960 g/mol. The van der Waals surface area contributed by atoms with Crippen LogP contribution in [0.3, 0.4) is 0 Å². The molecule has 740 valence electrons. The summed E-state index contributed by atoms with van der Waals surface area (Å²) >= 11 is 0. The molecule has 3 aliphatic rings. The number of sulfonamides is 2. The maximum Gasteiger partial charge on any atom is 0.306 e. The highest BCUT2D eigenvalue weighted by molar-refractivity contribution is 8.13. The van der Waals surface area contributed by atoms with Crippen LogP contribution >= 0.6 is 23.1 Å². The third kappa shape index (κ3) is 27.5. The van der Waals surface area contributed by atoms with Gasteiger partial charge in [-0.3, -0.25) is 33.6 Å². The van der Waals surface area contributed by atoms with Crippen LogP contribution in [0.4, 0.5) is 0 Å². The molecule has 34 nitrogen and oxygen atoms in total. The number of esters is 4. The number of carbonyl (C=O) groups excluding carboxylic acids is 4. The number of hydrogen-bond donors (Lipinski definition) is 6. The topological polar surface area (TPSA) is 446 Å². The Morgan fingerprint density at radius 3 is 0.963 bits per heavy atom. The van der Waals surface area contributed by atoms with Gasteiger partial charge in [-0.15, -0.1) is 12.4 Å². The average molecular weight is 1970 g/mol. The molecule has 6 aromatic heterocycles. The fraction of sp³-hybridized carbons (Fsp3) is 0.579. The van der Waals surface area contributed by atoms with Gasteiger partial charge in [-0.05, 0) is 239 Å². The normalized spacial score (nSPS) is 15.0. The van der Waals surface area contributed by atoms with Crippen molar-refractivity contribution in [1.82, 2.24) is 57.5 Å². The molecular formula is C95H136Cl2N12O22S3. The quantitative estimate of drug-likeness (QED) is 0.0118. The van der Waals surface area contributed by atoms with E-state index in [-0.39, 0.29) is 149 Å². The molecule has 0 unspecified atom stereocenters. The number of H-pyrrole nitrogens is 3. The van der Waals surface area contributed by atoms with Crippen molar-refractivity contribution >= 4 is 109 Å². The Labute approximate surface area is 796 Å². The lowest BCUT2D eigenvalue weighted by atomic mass is 9.73. The molecule has 3 fully saturated rings. The Kier molecular flexibility index (Phi) is 41.8. The van der Waals surface area contributed by atoms with Crippen molar-refractivity contribution in [3.8, 4) is 51.4 Å². The Hall–Kier alpha value is -9.57. The number of fused-ring (bicyclic) bond motifs is 3. The van der Waals surface area contributed by atoms with Gasteiger partial charge < -0.3 is 77.3 Å². The average Bonchev–Trinajstić information content (AvgIpc) is 1.53. The number of benzene rings is 3. The first-order valence-corrected chi connectivity index (χ1v) is 52.0. The number of nitrogens with one attached hydrogen (secondary N) is 4. The highest BCUT2D eigenvalue weighted by atomic mass is 35.7. The summed E-state index contributed by atoms with van der Waals surface area (Å²) in [5.41, 5.74) is 5.24. The lowest BCUT2D eigenvalue weighted by Crippen LogP contribution is -2.45. The number of hydrogen-bond acceptors (Lipinski definition) is 26. The fourth-order valence-electron chi connectivity index (χ4n) is 17.5. The lowest BCUT2D eigenvalue weighted by molar-refractivity contribution is -0.153. The van der Waals surface area contributed by atoms with E-state index in [1.54, 1.807) is 52.0 Å². The Morgan fingerprint density at radius 1 is 0.410 bits per heavy atom. The second-order valence-electron chi connectivity index (χ2n) is 33.8. The lowest BCUT2D eigenvalue weighted by Gasteiger charge is -2.41. The number of rotatable bonds is 42. The van der Waals surface area contributed by atoms with Gasteiger partial charge in [0, 0.05) is 88.3 Å². The first-order chi connectivity index (χ1) is 63.7. The highest BCUT2D eigenvalue weighted by Gasteiger charge is 2.44. The smallest absolute Gasteiger partial charge is 0.306 e. The van der Waals surface area contributed by atoms with Gasteiger partial charge >= 0.3 is 23.9 Å². The number of aliphatic hydroxyl groups excluding tert-OH is 2. The van der Waals surface area contributed by atoms with Gasteiger partial charge in [0.05, 0.1) is 120 Å². The molecule has 6 N–H and O–H groups in total. The molecule has 3 saturated heterocycles. The predicted molar refractivity (Wildman–Crippen MR) is 518 cm³/mol. The Morgan fingerprint density at radius 2 is 0.694 bits per heavy atom. The van der Waals surface area contributed by atoms with Crippen LogP contribution in [0.25, 0.3) is 67.3 Å². The molecule has 0 saturated carbocycles. The number of halogens is 2. The fourth-order valence-corrected chi connectivity index (χ4v) is 21.2.